The van der Waals surface area contributed by atoms with Crippen LogP contribution >= 0.6 is 0 Å². The average molecular weight is 230 g/mol. The zero-order valence-electron chi connectivity index (χ0n) is 10.1. The number of hydrogen-bond acceptors (Lipinski definition) is 2. The van der Waals surface area contributed by atoms with Crippen molar-refractivity contribution in [3.8, 4) is 0 Å². The van der Waals surface area contributed by atoms with Gasteiger partial charge in [-0.2, -0.15) is 0 Å². The number of para-hydroxylation sites is 1. The number of fused-ring (bicyclic) bond motifs is 1. The molecule has 1 aromatic carbocycles. The smallest absolute Gasteiger partial charge is 0.134 e. The summed E-state index contributed by atoms with van der Waals surface area (Å²) in [4.78, 5) is 0. The van der Waals surface area contributed by atoms with E-state index in [9.17, 15) is 5.11 Å². The summed E-state index contributed by atoms with van der Waals surface area (Å²) < 4.78 is 5.76. The molecule has 0 spiro atoms. The van der Waals surface area contributed by atoms with E-state index < -0.39 is 6.10 Å². The van der Waals surface area contributed by atoms with E-state index in [1.165, 1.54) is 12.8 Å². The second kappa shape index (κ2) is 3.88. The van der Waals surface area contributed by atoms with Gasteiger partial charge in [0.25, 0.3) is 0 Å². The molecule has 1 aliphatic rings. The van der Waals surface area contributed by atoms with Crippen molar-refractivity contribution in [2.45, 2.75) is 38.7 Å². The van der Waals surface area contributed by atoms with Crippen LogP contribution in [0.25, 0.3) is 11.0 Å². The monoisotopic (exact) mass is 230 g/mol. The van der Waals surface area contributed by atoms with Gasteiger partial charge >= 0.3 is 0 Å². The van der Waals surface area contributed by atoms with Gasteiger partial charge in [-0.25, -0.2) is 0 Å². The van der Waals surface area contributed by atoms with Gasteiger partial charge in [-0.1, -0.05) is 38.0 Å². The van der Waals surface area contributed by atoms with Crippen molar-refractivity contribution in [2.24, 2.45) is 5.41 Å². The molecule has 0 aliphatic heterocycles. The van der Waals surface area contributed by atoms with E-state index in [1.54, 1.807) is 0 Å². The molecule has 2 aromatic rings. The topological polar surface area (TPSA) is 33.4 Å². The van der Waals surface area contributed by atoms with Crippen molar-refractivity contribution >= 4 is 11.0 Å². The summed E-state index contributed by atoms with van der Waals surface area (Å²) in [5.74, 6) is 0.718. The quantitative estimate of drug-likeness (QED) is 0.844. The molecule has 3 rings (SSSR count). The Morgan fingerprint density at radius 1 is 1.24 bits per heavy atom. The van der Waals surface area contributed by atoms with Crippen LogP contribution < -0.4 is 0 Å². The predicted octanol–water partition coefficient (Wildman–Crippen LogP) is 4.05. The Hall–Kier alpha value is -1.28. The fourth-order valence-corrected chi connectivity index (χ4v) is 2.94. The van der Waals surface area contributed by atoms with Crippen LogP contribution in [-0.4, -0.2) is 5.11 Å². The summed E-state index contributed by atoms with van der Waals surface area (Å²) in [5.41, 5.74) is 0.858. The summed E-state index contributed by atoms with van der Waals surface area (Å²) in [7, 11) is 0. The number of furan rings is 1. The molecular formula is C15H18O2. The molecule has 1 N–H and O–H groups in total. The molecule has 1 unspecified atom stereocenters. The van der Waals surface area contributed by atoms with Gasteiger partial charge in [0, 0.05) is 10.8 Å². The number of rotatable bonds is 2. The SMILES string of the molecule is CC1(C(O)c2cc3ccccc3o2)CCCC1. The maximum absolute atomic E-state index is 10.5. The second-order valence-corrected chi connectivity index (χ2v) is 5.45. The number of aliphatic hydroxyl groups excluding tert-OH is 1. The van der Waals surface area contributed by atoms with Gasteiger partial charge in [-0.05, 0) is 25.0 Å². The molecule has 1 aliphatic carbocycles. The van der Waals surface area contributed by atoms with Gasteiger partial charge in [0.05, 0.1) is 0 Å². The van der Waals surface area contributed by atoms with E-state index in [4.69, 9.17) is 4.42 Å². The lowest BCUT2D eigenvalue weighted by Crippen LogP contribution is -2.21. The average Bonchev–Trinajstić information content (AvgIpc) is 2.94. The highest BCUT2D eigenvalue weighted by molar-refractivity contribution is 5.77. The van der Waals surface area contributed by atoms with Gasteiger partial charge in [-0.3, -0.25) is 0 Å². The van der Waals surface area contributed by atoms with Crippen molar-refractivity contribution in [2.75, 3.05) is 0 Å². The minimum Gasteiger partial charge on any atom is -0.458 e. The number of aliphatic hydroxyl groups is 1. The summed E-state index contributed by atoms with van der Waals surface area (Å²) in [6, 6.07) is 9.89. The Morgan fingerprint density at radius 3 is 2.65 bits per heavy atom. The Kier molecular flexibility index (Phi) is 2.48. The highest BCUT2D eigenvalue weighted by atomic mass is 16.4. The highest BCUT2D eigenvalue weighted by Gasteiger charge is 2.38. The number of hydrogen-bond donors (Lipinski definition) is 1. The van der Waals surface area contributed by atoms with Crippen LogP contribution in [0, 0.1) is 5.41 Å². The van der Waals surface area contributed by atoms with Crippen LogP contribution in [0.5, 0.6) is 0 Å². The van der Waals surface area contributed by atoms with E-state index >= 15 is 0 Å². The van der Waals surface area contributed by atoms with Crippen molar-refractivity contribution < 1.29 is 9.52 Å². The molecule has 1 heterocycles. The molecule has 1 aromatic heterocycles. The van der Waals surface area contributed by atoms with Crippen LogP contribution in [0.15, 0.2) is 34.7 Å². The zero-order chi connectivity index (χ0) is 11.9. The van der Waals surface area contributed by atoms with Crippen LogP contribution in [0.1, 0.15) is 44.5 Å². The van der Waals surface area contributed by atoms with Crippen LogP contribution in [0.3, 0.4) is 0 Å². The third-order valence-electron chi connectivity index (χ3n) is 4.12. The molecule has 2 nitrogen and oxygen atoms in total. The lowest BCUT2D eigenvalue weighted by Gasteiger charge is -2.28. The fourth-order valence-electron chi connectivity index (χ4n) is 2.94. The van der Waals surface area contributed by atoms with E-state index in [2.05, 4.69) is 6.92 Å². The standard InChI is InChI=1S/C15H18O2/c1-15(8-4-5-9-15)14(16)13-10-11-6-2-3-7-12(11)17-13/h2-3,6-7,10,14,16H,4-5,8-9H2,1H3. The van der Waals surface area contributed by atoms with Crippen LogP contribution in [0.4, 0.5) is 0 Å². The van der Waals surface area contributed by atoms with Crippen LogP contribution in [0.2, 0.25) is 0 Å². The zero-order valence-corrected chi connectivity index (χ0v) is 10.1. The molecule has 90 valence electrons. The van der Waals surface area contributed by atoms with Gasteiger partial charge < -0.3 is 9.52 Å². The first-order valence-electron chi connectivity index (χ1n) is 6.36. The van der Waals surface area contributed by atoms with Gasteiger partial charge in [-0.15, -0.1) is 0 Å². The lowest BCUT2D eigenvalue weighted by molar-refractivity contribution is 0.0246. The molecular weight excluding hydrogens is 212 g/mol. The molecule has 1 saturated carbocycles. The third-order valence-corrected chi connectivity index (χ3v) is 4.12. The Morgan fingerprint density at radius 2 is 1.94 bits per heavy atom. The maximum Gasteiger partial charge on any atom is 0.134 e. The first-order chi connectivity index (χ1) is 8.19. The first-order valence-corrected chi connectivity index (χ1v) is 6.36. The largest absolute Gasteiger partial charge is 0.458 e. The second-order valence-electron chi connectivity index (χ2n) is 5.45. The van der Waals surface area contributed by atoms with Crippen LogP contribution in [-0.2, 0) is 0 Å². The van der Waals surface area contributed by atoms with Crippen molar-refractivity contribution in [3.63, 3.8) is 0 Å². The van der Waals surface area contributed by atoms with Crippen molar-refractivity contribution in [3.05, 3.63) is 36.1 Å². The molecule has 2 heteroatoms. The lowest BCUT2D eigenvalue weighted by atomic mass is 9.81. The minimum absolute atomic E-state index is 0.00608. The molecule has 1 atom stereocenters. The Labute approximate surface area is 101 Å². The molecule has 0 radical (unpaired) electrons. The van der Waals surface area contributed by atoms with Gasteiger partial charge in [0.15, 0.2) is 0 Å². The maximum atomic E-state index is 10.5. The molecule has 0 amide bonds. The van der Waals surface area contributed by atoms with Crippen molar-refractivity contribution in [1.29, 1.82) is 0 Å². The number of benzene rings is 1. The highest BCUT2D eigenvalue weighted by Crippen LogP contribution is 2.47. The van der Waals surface area contributed by atoms with E-state index in [1.807, 2.05) is 30.3 Å². The van der Waals surface area contributed by atoms with Gasteiger partial charge in [0.1, 0.15) is 17.4 Å². The predicted molar refractivity (Wildman–Crippen MR) is 67.7 cm³/mol. The first kappa shape index (κ1) is 10.8. The van der Waals surface area contributed by atoms with E-state index in [0.717, 1.165) is 29.6 Å². The normalized spacial score (nSPS) is 20.8. The van der Waals surface area contributed by atoms with Crippen molar-refractivity contribution in [1.82, 2.24) is 0 Å². The van der Waals surface area contributed by atoms with E-state index in [0.29, 0.717) is 0 Å². The third kappa shape index (κ3) is 1.77. The van der Waals surface area contributed by atoms with E-state index in [-0.39, 0.29) is 5.41 Å². The molecule has 0 bridgehead atoms. The summed E-state index contributed by atoms with van der Waals surface area (Å²) in [5, 5.41) is 11.6. The molecule has 1 fully saturated rings. The summed E-state index contributed by atoms with van der Waals surface area (Å²) >= 11 is 0. The Balaban J connectivity index is 1.97. The Bertz CT molecular complexity index is 487. The van der Waals surface area contributed by atoms with Gasteiger partial charge in [0.2, 0.25) is 0 Å². The summed E-state index contributed by atoms with van der Waals surface area (Å²) in [6.07, 6.45) is 4.13. The molecule has 17 heavy (non-hydrogen) atoms. The minimum atomic E-state index is -0.475. The molecule has 0 saturated heterocycles. The summed E-state index contributed by atoms with van der Waals surface area (Å²) in [6.45, 7) is 2.16. The fraction of sp³-hybridized carbons (Fsp3) is 0.467.